The van der Waals surface area contributed by atoms with Crippen LogP contribution in [0.5, 0.6) is 5.75 Å². The van der Waals surface area contributed by atoms with Crippen molar-refractivity contribution in [3.63, 3.8) is 0 Å². The minimum absolute atomic E-state index is 0.158. The minimum atomic E-state index is -4.81. The Hall–Kier alpha value is -2.18. The smallest absolute Gasteiger partial charge is 0.453 e. The molecular formula is C12H9F4NO2. The molecule has 0 radical (unpaired) electrons. The lowest BCUT2D eigenvalue weighted by Crippen LogP contribution is -2.02. The fourth-order valence-electron chi connectivity index (χ4n) is 1.68. The number of furan rings is 1. The lowest BCUT2D eigenvalue weighted by molar-refractivity contribution is -0.153. The number of hydrogen-bond donors (Lipinski definition) is 2. The maximum atomic E-state index is 12.8. The van der Waals surface area contributed by atoms with Crippen molar-refractivity contribution in [2.75, 3.05) is 12.4 Å². The molecule has 0 aliphatic rings. The van der Waals surface area contributed by atoms with Crippen LogP contribution in [0.4, 0.5) is 23.4 Å². The van der Waals surface area contributed by atoms with Gasteiger partial charge in [0.05, 0.1) is 5.56 Å². The normalized spacial score (nSPS) is 11.6. The van der Waals surface area contributed by atoms with Gasteiger partial charge in [-0.1, -0.05) is 12.1 Å². The summed E-state index contributed by atoms with van der Waals surface area (Å²) in [6.45, 7) is 0. The molecule has 0 unspecified atom stereocenters. The van der Waals surface area contributed by atoms with Crippen molar-refractivity contribution in [2.24, 2.45) is 0 Å². The Kier molecular flexibility index (Phi) is 3.13. The molecule has 1 aromatic heterocycles. The van der Waals surface area contributed by atoms with Crippen LogP contribution >= 0.6 is 0 Å². The number of hydrogen-bond acceptors (Lipinski definition) is 3. The molecule has 102 valence electrons. The number of anilines is 1. The summed E-state index contributed by atoms with van der Waals surface area (Å²) >= 11 is 0. The number of nitrogens with one attached hydrogen (secondary N) is 1. The van der Waals surface area contributed by atoms with Crippen LogP contribution in [-0.2, 0) is 6.18 Å². The van der Waals surface area contributed by atoms with Gasteiger partial charge in [-0.25, -0.2) is 4.39 Å². The van der Waals surface area contributed by atoms with E-state index >= 15 is 0 Å². The molecule has 0 spiro atoms. The standard InChI is InChI=1S/C12H9F4NO2/c1-17-11-8(6-2-4-7(13)5-3-6)9(18)10(19-11)12(14,15)16/h2-5,17-18H,1H3. The van der Waals surface area contributed by atoms with E-state index in [2.05, 4.69) is 9.73 Å². The van der Waals surface area contributed by atoms with Crippen molar-refractivity contribution in [3.8, 4) is 16.9 Å². The van der Waals surface area contributed by atoms with Crippen LogP contribution in [0.2, 0.25) is 0 Å². The molecule has 0 amide bonds. The summed E-state index contributed by atoms with van der Waals surface area (Å²) in [5.74, 6) is -3.29. The fraction of sp³-hybridized carbons (Fsp3) is 0.167. The van der Waals surface area contributed by atoms with E-state index in [9.17, 15) is 22.7 Å². The van der Waals surface area contributed by atoms with Crippen LogP contribution < -0.4 is 5.32 Å². The highest BCUT2D eigenvalue weighted by atomic mass is 19.4. The van der Waals surface area contributed by atoms with Gasteiger partial charge >= 0.3 is 6.18 Å². The molecule has 0 saturated carbocycles. The average molecular weight is 275 g/mol. The summed E-state index contributed by atoms with van der Waals surface area (Å²) in [5.41, 5.74) is 0.0531. The zero-order chi connectivity index (χ0) is 14.2. The SMILES string of the molecule is CNc1oc(C(F)(F)F)c(O)c1-c1ccc(F)cc1. The topological polar surface area (TPSA) is 45.4 Å². The second kappa shape index (κ2) is 4.49. The third-order valence-corrected chi connectivity index (χ3v) is 2.50. The van der Waals surface area contributed by atoms with Crippen molar-refractivity contribution in [1.29, 1.82) is 0 Å². The molecule has 0 fully saturated rings. The van der Waals surface area contributed by atoms with Gasteiger partial charge in [-0.3, -0.25) is 0 Å². The molecule has 3 nitrogen and oxygen atoms in total. The first kappa shape index (κ1) is 13.3. The molecular weight excluding hydrogens is 266 g/mol. The van der Waals surface area contributed by atoms with E-state index in [-0.39, 0.29) is 17.0 Å². The molecule has 1 heterocycles. The third kappa shape index (κ3) is 2.35. The fourth-order valence-corrected chi connectivity index (χ4v) is 1.68. The molecule has 0 aliphatic carbocycles. The predicted octanol–water partition coefficient (Wildman–Crippen LogP) is 3.85. The second-order valence-corrected chi connectivity index (χ2v) is 3.74. The molecule has 2 aromatic rings. The molecule has 7 heteroatoms. The van der Waals surface area contributed by atoms with Crippen molar-refractivity contribution in [2.45, 2.75) is 6.18 Å². The minimum Gasteiger partial charge on any atom is -0.504 e. The van der Waals surface area contributed by atoms with Crippen molar-refractivity contribution in [3.05, 3.63) is 35.8 Å². The van der Waals surface area contributed by atoms with E-state index in [1.807, 2.05) is 0 Å². The van der Waals surface area contributed by atoms with Crippen molar-refractivity contribution >= 4 is 5.88 Å². The summed E-state index contributed by atoms with van der Waals surface area (Å²) in [5, 5.41) is 12.1. The first-order valence-corrected chi connectivity index (χ1v) is 5.21. The van der Waals surface area contributed by atoms with Gasteiger partial charge < -0.3 is 14.8 Å². The molecule has 2 N–H and O–H groups in total. The zero-order valence-electron chi connectivity index (χ0n) is 9.68. The molecule has 0 atom stereocenters. The van der Waals surface area contributed by atoms with Gasteiger partial charge in [-0.05, 0) is 17.7 Å². The van der Waals surface area contributed by atoms with E-state index in [4.69, 9.17) is 0 Å². The molecule has 19 heavy (non-hydrogen) atoms. The predicted molar refractivity (Wildman–Crippen MR) is 60.3 cm³/mol. The summed E-state index contributed by atoms with van der Waals surface area (Å²) in [4.78, 5) is 0. The Morgan fingerprint density at radius 1 is 1.16 bits per heavy atom. The van der Waals surface area contributed by atoms with Crippen molar-refractivity contribution in [1.82, 2.24) is 0 Å². The summed E-state index contributed by atoms with van der Waals surface area (Å²) in [7, 11) is 1.35. The van der Waals surface area contributed by atoms with Gasteiger partial charge in [0.2, 0.25) is 5.88 Å². The first-order valence-electron chi connectivity index (χ1n) is 5.21. The Balaban J connectivity index is 2.62. The van der Waals surface area contributed by atoms with Crippen LogP contribution in [0.15, 0.2) is 28.7 Å². The lowest BCUT2D eigenvalue weighted by atomic mass is 10.1. The van der Waals surface area contributed by atoms with Crippen LogP contribution in [0, 0.1) is 5.82 Å². The number of benzene rings is 1. The number of aromatic hydroxyl groups is 1. The monoisotopic (exact) mass is 275 g/mol. The van der Waals surface area contributed by atoms with Crippen LogP contribution in [0.3, 0.4) is 0 Å². The largest absolute Gasteiger partial charge is 0.504 e. The second-order valence-electron chi connectivity index (χ2n) is 3.74. The molecule has 0 bridgehead atoms. The van der Waals surface area contributed by atoms with Gasteiger partial charge in [0.15, 0.2) is 5.75 Å². The maximum Gasteiger partial charge on any atom is 0.453 e. The first-order chi connectivity index (χ1) is 8.84. The van der Waals surface area contributed by atoms with E-state index < -0.39 is 23.5 Å². The zero-order valence-corrected chi connectivity index (χ0v) is 9.68. The lowest BCUT2D eigenvalue weighted by Gasteiger charge is -2.03. The van der Waals surface area contributed by atoms with Gasteiger partial charge in [-0.15, -0.1) is 0 Å². The number of alkyl halides is 3. The Morgan fingerprint density at radius 2 is 1.74 bits per heavy atom. The Labute approximate surface area is 105 Å². The quantitative estimate of drug-likeness (QED) is 0.818. The third-order valence-electron chi connectivity index (χ3n) is 2.50. The average Bonchev–Trinajstić information content (AvgIpc) is 2.67. The molecule has 0 saturated heterocycles. The highest BCUT2D eigenvalue weighted by molar-refractivity contribution is 5.81. The summed E-state index contributed by atoms with van der Waals surface area (Å²) in [6, 6.07) is 4.66. The number of rotatable bonds is 2. The van der Waals surface area contributed by atoms with Crippen molar-refractivity contribution < 1.29 is 27.1 Å². The Morgan fingerprint density at radius 3 is 2.21 bits per heavy atom. The maximum absolute atomic E-state index is 12.8. The van der Waals surface area contributed by atoms with Gasteiger partial charge in [-0.2, -0.15) is 13.2 Å². The van der Waals surface area contributed by atoms with E-state index in [1.165, 1.54) is 19.2 Å². The molecule has 2 rings (SSSR count). The highest BCUT2D eigenvalue weighted by Gasteiger charge is 2.41. The highest BCUT2D eigenvalue weighted by Crippen LogP contribution is 2.47. The van der Waals surface area contributed by atoms with E-state index in [0.717, 1.165) is 12.1 Å². The van der Waals surface area contributed by atoms with Crippen LogP contribution in [0.25, 0.3) is 11.1 Å². The van der Waals surface area contributed by atoms with Gasteiger partial charge in [0.25, 0.3) is 5.76 Å². The molecule has 1 aromatic carbocycles. The Bertz CT molecular complexity index is 587. The number of halogens is 4. The van der Waals surface area contributed by atoms with Crippen LogP contribution in [0.1, 0.15) is 5.76 Å². The summed E-state index contributed by atoms with van der Waals surface area (Å²) < 4.78 is 55.2. The van der Waals surface area contributed by atoms with E-state index in [0.29, 0.717) is 0 Å². The molecule has 0 aliphatic heterocycles. The van der Waals surface area contributed by atoms with E-state index in [1.54, 1.807) is 0 Å². The van der Waals surface area contributed by atoms with Gasteiger partial charge in [0, 0.05) is 7.05 Å². The van der Waals surface area contributed by atoms with Gasteiger partial charge in [0.1, 0.15) is 5.82 Å². The summed E-state index contributed by atoms with van der Waals surface area (Å²) in [6.07, 6.45) is -4.81. The van der Waals surface area contributed by atoms with Crippen LogP contribution in [-0.4, -0.2) is 12.2 Å².